The molecule has 8 nitrogen and oxygen atoms in total. The maximum Gasteiger partial charge on any atom is 0.336 e. The summed E-state index contributed by atoms with van der Waals surface area (Å²) in [5, 5.41) is 3.41. The molecule has 0 radical (unpaired) electrons. The highest BCUT2D eigenvalue weighted by Crippen LogP contribution is 2.42. The second kappa shape index (κ2) is 10.4. The molecule has 0 aromatic heterocycles. The highest BCUT2D eigenvalue weighted by molar-refractivity contribution is 6.31. The van der Waals surface area contributed by atoms with E-state index in [1.165, 1.54) is 0 Å². The van der Waals surface area contributed by atoms with Crippen LogP contribution in [0.15, 0.2) is 71.1 Å². The highest BCUT2D eigenvalue weighted by atomic mass is 35.5. The number of halogens is 1. The van der Waals surface area contributed by atoms with Crippen molar-refractivity contribution < 1.29 is 28.7 Å². The Morgan fingerprint density at radius 2 is 1.42 bits per heavy atom. The number of nitrogens with one attached hydrogen (secondary N) is 1. The summed E-state index contributed by atoms with van der Waals surface area (Å²) in [5.41, 5.74) is 2.02. The van der Waals surface area contributed by atoms with E-state index in [2.05, 4.69) is 5.32 Å². The number of allylic oxidation sites excluding steroid dienone is 1. The van der Waals surface area contributed by atoms with Crippen molar-refractivity contribution in [2.45, 2.75) is 26.7 Å². The van der Waals surface area contributed by atoms with E-state index in [4.69, 9.17) is 21.1 Å². The van der Waals surface area contributed by atoms with Gasteiger partial charge in [0.15, 0.2) is 0 Å². The summed E-state index contributed by atoms with van der Waals surface area (Å²) in [6.45, 7) is 5.00. The molecule has 2 aromatic rings. The first-order chi connectivity index (χ1) is 17.3. The van der Waals surface area contributed by atoms with Crippen molar-refractivity contribution in [1.29, 1.82) is 0 Å². The second-order valence-corrected chi connectivity index (χ2v) is 8.60. The minimum Gasteiger partial charge on any atom is -0.463 e. The van der Waals surface area contributed by atoms with Gasteiger partial charge in [-0.25, -0.2) is 9.59 Å². The molecule has 36 heavy (non-hydrogen) atoms. The molecule has 4 rings (SSSR count). The lowest BCUT2D eigenvalue weighted by Crippen LogP contribution is -2.40. The van der Waals surface area contributed by atoms with E-state index in [-0.39, 0.29) is 36.6 Å². The molecule has 1 atom stereocenters. The van der Waals surface area contributed by atoms with Crippen LogP contribution in [0.4, 0.5) is 0 Å². The fourth-order valence-corrected chi connectivity index (χ4v) is 4.76. The molecule has 186 valence electrons. The van der Waals surface area contributed by atoms with Gasteiger partial charge in [-0.2, -0.15) is 0 Å². The summed E-state index contributed by atoms with van der Waals surface area (Å²) in [7, 11) is 0. The van der Waals surface area contributed by atoms with Gasteiger partial charge in [0.2, 0.25) is 0 Å². The van der Waals surface area contributed by atoms with E-state index in [0.29, 0.717) is 27.4 Å². The molecule has 1 unspecified atom stereocenters. The van der Waals surface area contributed by atoms with Crippen molar-refractivity contribution >= 4 is 35.4 Å². The normalized spacial score (nSPS) is 17.2. The summed E-state index contributed by atoms with van der Waals surface area (Å²) >= 11 is 6.54. The van der Waals surface area contributed by atoms with Crippen LogP contribution in [0.1, 0.15) is 53.0 Å². The van der Waals surface area contributed by atoms with Gasteiger partial charge in [0.25, 0.3) is 11.8 Å². The van der Waals surface area contributed by atoms with Gasteiger partial charge in [-0.1, -0.05) is 41.9 Å². The lowest BCUT2D eigenvalue weighted by molar-refractivity contribution is -0.139. The van der Waals surface area contributed by atoms with E-state index < -0.39 is 29.7 Å². The van der Waals surface area contributed by atoms with Crippen LogP contribution in [0.3, 0.4) is 0 Å². The Morgan fingerprint density at radius 1 is 0.889 bits per heavy atom. The Balaban J connectivity index is 1.88. The fraction of sp³-hybridized carbons (Fsp3) is 0.259. The number of imide groups is 1. The zero-order valence-corrected chi connectivity index (χ0v) is 20.8. The predicted molar refractivity (Wildman–Crippen MR) is 132 cm³/mol. The van der Waals surface area contributed by atoms with E-state index >= 15 is 0 Å². The molecular weight excluding hydrogens is 484 g/mol. The molecule has 0 aliphatic carbocycles. The molecule has 0 saturated carbocycles. The first-order valence-electron chi connectivity index (χ1n) is 11.5. The number of amides is 2. The van der Waals surface area contributed by atoms with E-state index in [1.54, 1.807) is 69.3 Å². The number of fused-ring (bicyclic) bond motifs is 1. The number of hydrogen-bond donors (Lipinski definition) is 1. The molecule has 0 saturated heterocycles. The monoisotopic (exact) mass is 508 g/mol. The third-order valence-corrected chi connectivity index (χ3v) is 6.39. The van der Waals surface area contributed by atoms with Crippen LogP contribution in [0.5, 0.6) is 0 Å². The molecular formula is C27H25ClN2O6. The number of benzene rings is 2. The number of hydrogen-bond acceptors (Lipinski definition) is 7. The minimum atomic E-state index is -0.941. The van der Waals surface area contributed by atoms with Gasteiger partial charge >= 0.3 is 11.9 Å². The van der Waals surface area contributed by atoms with E-state index in [1.807, 2.05) is 0 Å². The van der Waals surface area contributed by atoms with Crippen molar-refractivity contribution in [2.24, 2.45) is 0 Å². The Bertz CT molecular complexity index is 1290. The molecule has 2 aliphatic heterocycles. The smallest absolute Gasteiger partial charge is 0.336 e. The maximum atomic E-state index is 13.4. The van der Waals surface area contributed by atoms with Gasteiger partial charge in [-0.3, -0.25) is 14.5 Å². The Labute approximate surface area is 213 Å². The van der Waals surface area contributed by atoms with E-state index in [9.17, 15) is 19.2 Å². The Hall–Kier alpha value is -3.91. The van der Waals surface area contributed by atoms with Crippen LogP contribution in [0.25, 0.3) is 0 Å². The summed E-state index contributed by atoms with van der Waals surface area (Å²) in [6, 6.07) is 13.4. The van der Waals surface area contributed by atoms with Crippen LogP contribution in [0.2, 0.25) is 5.02 Å². The average molecular weight is 509 g/mol. The standard InChI is InChI=1S/C27H25ClN2O6/c1-4-35-26(33)21-15(3)29-20(14-30-24(31)16-10-6-7-11-17(16)25(30)32)23(27(34)36-5-2)22(21)18-12-8-9-13-19(18)28/h6-13,22,29H,4-5,14H2,1-3H3. The minimum absolute atomic E-state index is 0.0787. The molecule has 0 spiro atoms. The molecule has 1 N–H and O–H groups in total. The third kappa shape index (κ3) is 4.40. The highest BCUT2D eigenvalue weighted by Gasteiger charge is 2.42. The van der Waals surface area contributed by atoms with Crippen LogP contribution in [-0.2, 0) is 19.1 Å². The topological polar surface area (TPSA) is 102 Å². The molecule has 2 heterocycles. The first-order valence-corrected chi connectivity index (χ1v) is 11.9. The van der Waals surface area contributed by atoms with Crippen molar-refractivity contribution in [1.82, 2.24) is 10.2 Å². The summed E-state index contributed by atoms with van der Waals surface area (Å²) in [6.07, 6.45) is 0. The Kier molecular flexibility index (Phi) is 7.26. The number of esters is 2. The maximum absolute atomic E-state index is 13.4. The van der Waals surface area contributed by atoms with Crippen LogP contribution in [0, 0.1) is 0 Å². The van der Waals surface area contributed by atoms with Crippen molar-refractivity contribution in [3.05, 3.63) is 92.8 Å². The SMILES string of the molecule is CCOC(=O)C1=C(C)NC(CN2C(=O)c3ccccc3C2=O)=C(C(=O)OCC)C1c1ccccc1Cl. The van der Waals surface area contributed by atoms with Crippen LogP contribution >= 0.6 is 11.6 Å². The van der Waals surface area contributed by atoms with Crippen LogP contribution < -0.4 is 5.32 Å². The number of nitrogens with zero attached hydrogens (tertiary/aromatic N) is 1. The number of rotatable bonds is 7. The lowest BCUT2D eigenvalue weighted by atomic mass is 9.80. The van der Waals surface area contributed by atoms with Gasteiger partial charge in [-0.05, 0) is 44.5 Å². The van der Waals surface area contributed by atoms with Crippen molar-refractivity contribution in [2.75, 3.05) is 19.8 Å². The average Bonchev–Trinajstić information content (AvgIpc) is 3.09. The number of ether oxygens (including phenoxy) is 2. The van der Waals surface area contributed by atoms with Gasteiger partial charge in [0.05, 0.1) is 47.9 Å². The number of dihydropyridines is 1. The van der Waals surface area contributed by atoms with Gasteiger partial charge in [0, 0.05) is 16.4 Å². The van der Waals surface area contributed by atoms with Crippen molar-refractivity contribution in [3.8, 4) is 0 Å². The molecule has 2 aliphatic rings. The summed E-state index contributed by atoms with van der Waals surface area (Å²) in [5.74, 6) is -3.20. The van der Waals surface area contributed by atoms with Crippen molar-refractivity contribution in [3.63, 3.8) is 0 Å². The molecule has 0 bridgehead atoms. The van der Waals surface area contributed by atoms with Crippen LogP contribution in [-0.4, -0.2) is 48.4 Å². The number of carbonyl (C=O) groups is 4. The molecule has 0 fully saturated rings. The predicted octanol–water partition coefficient (Wildman–Crippen LogP) is 3.98. The van der Waals surface area contributed by atoms with Gasteiger partial charge < -0.3 is 14.8 Å². The summed E-state index contributed by atoms with van der Waals surface area (Å²) in [4.78, 5) is 53.6. The summed E-state index contributed by atoms with van der Waals surface area (Å²) < 4.78 is 10.7. The first kappa shape index (κ1) is 25.2. The van der Waals surface area contributed by atoms with Gasteiger partial charge in [-0.15, -0.1) is 0 Å². The second-order valence-electron chi connectivity index (χ2n) is 8.19. The van der Waals surface area contributed by atoms with Gasteiger partial charge in [0.1, 0.15) is 0 Å². The zero-order chi connectivity index (χ0) is 26.0. The molecule has 2 aromatic carbocycles. The fourth-order valence-electron chi connectivity index (χ4n) is 4.51. The largest absolute Gasteiger partial charge is 0.463 e. The zero-order valence-electron chi connectivity index (χ0n) is 20.1. The lowest BCUT2D eigenvalue weighted by Gasteiger charge is -2.33. The number of carbonyl (C=O) groups excluding carboxylic acids is 4. The quantitative estimate of drug-likeness (QED) is 0.446. The molecule has 2 amide bonds. The Morgan fingerprint density at radius 3 is 1.97 bits per heavy atom. The van der Waals surface area contributed by atoms with E-state index in [0.717, 1.165) is 4.90 Å². The third-order valence-electron chi connectivity index (χ3n) is 6.05. The molecule has 9 heteroatoms.